The van der Waals surface area contributed by atoms with Crippen molar-refractivity contribution in [2.75, 3.05) is 6.54 Å². The van der Waals surface area contributed by atoms with Crippen LogP contribution in [0.4, 0.5) is 5.69 Å². The second-order valence-corrected chi connectivity index (χ2v) is 6.55. The highest BCUT2D eigenvalue weighted by molar-refractivity contribution is 7.89. The Balaban J connectivity index is 2.40. The minimum atomic E-state index is -3.92. The molecule has 0 spiro atoms. The second kappa shape index (κ2) is 5.67. The summed E-state index contributed by atoms with van der Waals surface area (Å²) in [5, 5.41) is 28.8. The predicted molar refractivity (Wildman–Crippen MR) is 71.9 cm³/mol. The van der Waals surface area contributed by atoms with Gasteiger partial charge in [0.05, 0.1) is 15.9 Å². The Morgan fingerprint density at radius 3 is 2.67 bits per heavy atom. The van der Waals surface area contributed by atoms with Crippen molar-refractivity contribution in [3.05, 3.63) is 28.3 Å². The monoisotopic (exact) mass is 311 g/mol. The molecular formula is C12H13N3O5S. The Kier molecular flexibility index (Phi) is 4.11. The summed E-state index contributed by atoms with van der Waals surface area (Å²) in [6.07, 6.45) is 1.48. The van der Waals surface area contributed by atoms with Crippen molar-refractivity contribution in [1.29, 1.82) is 5.26 Å². The first-order valence-corrected chi connectivity index (χ1v) is 7.68. The third kappa shape index (κ3) is 3.12. The van der Waals surface area contributed by atoms with E-state index in [4.69, 9.17) is 5.26 Å². The van der Waals surface area contributed by atoms with Crippen LogP contribution in [0.15, 0.2) is 23.1 Å². The number of nitro groups is 1. The molecule has 1 aliphatic carbocycles. The number of benzene rings is 1. The fourth-order valence-corrected chi connectivity index (χ4v) is 3.67. The first-order valence-electron chi connectivity index (χ1n) is 6.24. The highest BCUT2D eigenvalue weighted by atomic mass is 32.2. The SMILES string of the molecule is N#CCCN(C1CC1)S(=O)(=O)c1ccc(O)c([N+](=O)[O-])c1. The van der Waals surface area contributed by atoms with Crippen LogP contribution in [0.1, 0.15) is 19.3 Å². The Hall–Kier alpha value is -2.18. The molecule has 1 fully saturated rings. The summed E-state index contributed by atoms with van der Waals surface area (Å²) < 4.78 is 26.2. The molecule has 9 heteroatoms. The van der Waals surface area contributed by atoms with Crippen molar-refractivity contribution in [1.82, 2.24) is 4.31 Å². The molecule has 0 unspecified atom stereocenters. The van der Waals surface area contributed by atoms with Gasteiger partial charge >= 0.3 is 5.69 Å². The van der Waals surface area contributed by atoms with Gasteiger partial charge in [0.25, 0.3) is 0 Å². The van der Waals surface area contributed by atoms with E-state index in [2.05, 4.69) is 0 Å². The molecule has 1 N–H and O–H groups in total. The molecule has 2 rings (SSSR count). The number of nitro benzene ring substituents is 1. The van der Waals surface area contributed by atoms with Crippen molar-refractivity contribution in [3.63, 3.8) is 0 Å². The van der Waals surface area contributed by atoms with Crippen LogP contribution in [0.5, 0.6) is 5.75 Å². The number of sulfonamides is 1. The number of nitriles is 1. The molecule has 1 saturated carbocycles. The van der Waals surface area contributed by atoms with Gasteiger partial charge in [0, 0.05) is 25.1 Å². The average molecular weight is 311 g/mol. The molecule has 0 radical (unpaired) electrons. The molecule has 0 aromatic heterocycles. The summed E-state index contributed by atoms with van der Waals surface area (Å²) in [5.41, 5.74) is -0.660. The smallest absolute Gasteiger partial charge is 0.312 e. The van der Waals surface area contributed by atoms with Crippen molar-refractivity contribution >= 4 is 15.7 Å². The minimum Gasteiger partial charge on any atom is -0.502 e. The highest BCUT2D eigenvalue weighted by Crippen LogP contribution is 2.34. The van der Waals surface area contributed by atoms with Gasteiger partial charge in [0.15, 0.2) is 5.75 Å². The first kappa shape index (κ1) is 15.2. The molecule has 0 heterocycles. The van der Waals surface area contributed by atoms with Crippen molar-refractivity contribution in [2.45, 2.75) is 30.2 Å². The number of phenols is 1. The second-order valence-electron chi connectivity index (χ2n) is 4.66. The number of phenolic OH excluding ortho intramolecular Hbond substituents is 1. The number of hydrogen-bond donors (Lipinski definition) is 1. The molecule has 1 aromatic carbocycles. The van der Waals surface area contributed by atoms with E-state index in [1.54, 1.807) is 0 Å². The standard InChI is InChI=1S/C12H13N3O5S/c13-6-1-7-14(9-2-3-9)21(19,20)10-4-5-12(16)11(8-10)15(17)18/h4-5,8-9,16H,1-3,7H2. The highest BCUT2D eigenvalue weighted by Gasteiger charge is 2.38. The average Bonchev–Trinajstić information content (AvgIpc) is 3.23. The lowest BCUT2D eigenvalue weighted by atomic mass is 10.3. The summed E-state index contributed by atoms with van der Waals surface area (Å²) in [7, 11) is -3.92. The minimum absolute atomic E-state index is 0.0515. The van der Waals surface area contributed by atoms with Gasteiger partial charge in [-0.1, -0.05) is 0 Å². The van der Waals surface area contributed by atoms with Gasteiger partial charge < -0.3 is 5.11 Å². The molecule has 112 valence electrons. The van der Waals surface area contributed by atoms with E-state index in [1.807, 2.05) is 6.07 Å². The topological polar surface area (TPSA) is 125 Å². The zero-order valence-corrected chi connectivity index (χ0v) is 11.8. The Morgan fingerprint density at radius 1 is 1.48 bits per heavy atom. The van der Waals surface area contributed by atoms with Crippen LogP contribution >= 0.6 is 0 Å². The van der Waals surface area contributed by atoms with Crippen molar-refractivity contribution < 1.29 is 18.4 Å². The summed E-state index contributed by atoms with van der Waals surface area (Å²) >= 11 is 0. The molecule has 1 aromatic rings. The lowest BCUT2D eigenvalue weighted by Gasteiger charge is -2.20. The fourth-order valence-electron chi connectivity index (χ4n) is 1.97. The number of aromatic hydroxyl groups is 1. The van der Waals surface area contributed by atoms with Gasteiger partial charge in [-0.3, -0.25) is 10.1 Å². The third-order valence-corrected chi connectivity index (χ3v) is 5.10. The summed E-state index contributed by atoms with van der Waals surface area (Å²) in [5.74, 6) is -0.589. The predicted octanol–water partition coefficient (Wildman–Crippen LogP) is 1.37. The molecule has 0 saturated heterocycles. The number of hydrogen-bond acceptors (Lipinski definition) is 6. The maximum Gasteiger partial charge on any atom is 0.312 e. The van der Waals surface area contributed by atoms with Crippen LogP contribution < -0.4 is 0 Å². The molecule has 0 amide bonds. The van der Waals surface area contributed by atoms with Crippen LogP contribution in [-0.4, -0.2) is 35.3 Å². The van der Waals surface area contributed by atoms with Crippen LogP contribution in [0, 0.1) is 21.4 Å². The van der Waals surface area contributed by atoms with Gasteiger partial charge in [0.2, 0.25) is 10.0 Å². The Morgan fingerprint density at radius 2 is 2.14 bits per heavy atom. The molecule has 21 heavy (non-hydrogen) atoms. The summed E-state index contributed by atoms with van der Waals surface area (Å²) in [6, 6.07) is 4.68. The fraction of sp³-hybridized carbons (Fsp3) is 0.417. The van der Waals surface area contributed by atoms with E-state index in [-0.39, 0.29) is 23.9 Å². The molecule has 0 atom stereocenters. The maximum atomic E-state index is 12.5. The lowest BCUT2D eigenvalue weighted by molar-refractivity contribution is -0.386. The largest absolute Gasteiger partial charge is 0.502 e. The van der Waals surface area contributed by atoms with Crippen LogP contribution in [0.2, 0.25) is 0 Å². The Labute approximate surface area is 121 Å². The van der Waals surface area contributed by atoms with Gasteiger partial charge in [-0.25, -0.2) is 8.42 Å². The van der Waals surface area contributed by atoms with E-state index in [9.17, 15) is 23.6 Å². The maximum absolute atomic E-state index is 12.5. The van der Waals surface area contributed by atoms with Crippen LogP contribution in [0.25, 0.3) is 0 Å². The quantitative estimate of drug-likeness (QED) is 0.624. The zero-order chi connectivity index (χ0) is 15.6. The molecular weight excluding hydrogens is 298 g/mol. The van der Waals surface area contributed by atoms with E-state index in [1.165, 1.54) is 4.31 Å². The normalized spacial score (nSPS) is 14.9. The molecule has 1 aliphatic rings. The van der Waals surface area contributed by atoms with Gasteiger partial charge in [-0.15, -0.1) is 0 Å². The molecule has 8 nitrogen and oxygen atoms in total. The van der Waals surface area contributed by atoms with Crippen LogP contribution in [0.3, 0.4) is 0 Å². The van der Waals surface area contributed by atoms with Gasteiger partial charge in [0.1, 0.15) is 0 Å². The summed E-state index contributed by atoms with van der Waals surface area (Å²) in [4.78, 5) is 9.69. The van der Waals surface area contributed by atoms with Gasteiger partial charge in [-0.05, 0) is 25.0 Å². The number of rotatable bonds is 6. The lowest BCUT2D eigenvalue weighted by Crippen LogP contribution is -2.34. The first-order chi connectivity index (χ1) is 9.87. The molecule has 0 bridgehead atoms. The van der Waals surface area contributed by atoms with Gasteiger partial charge in [-0.2, -0.15) is 9.57 Å². The van der Waals surface area contributed by atoms with Crippen molar-refractivity contribution in [3.8, 4) is 11.8 Å². The van der Waals surface area contributed by atoms with E-state index < -0.39 is 26.4 Å². The zero-order valence-electron chi connectivity index (χ0n) is 11.0. The van der Waals surface area contributed by atoms with Crippen LogP contribution in [-0.2, 0) is 10.0 Å². The van der Waals surface area contributed by atoms with Crippen molar-refractivity contribution in [2.24, 2.45) is 0 Å². The Bertz CT molecular complexity index is 706. The molecule has 0 aliphatic heterocycles. The van der Waals surface area contributed by atoms with E-state index in [0.29, 0.717) is 12.8 Å². The number of nitrogens with zero attached hydrogens (tertiary/aromatic N) is 3. The third-order valence-electron chi connectivity index (χ3n) is 3.15. The summed E-state index contributed by atoms with van der Waals surface area (Å²) in [6.45, 7) is 0.0537. The van der Waals surface area contributed by atoms with E-state index in [0.717, 1.165) is 18.2 Å². The van der Waals surface area contributed by atoms with E-state index >= 15 is 0 Å².